The van der Waals surface area contributed by atoms with Crippen LogP contribution in [0, 0.1) is 0 Å². The molecule has 1 aromatic rings. The van der Waals surface area contributed by atoms with Crippen molar-refractivity contribution in [3.63, 3.8) is 0 Å². The van der Waals surface area contributed by atoms with Crippen LogP contribution in [0.4, 0.5) is 0 Å². The Morgan fingerprint density at radius 2 is 2.00 bits per heavy atom. The molecule has 0 aliphatic carbocycles. The molecule has 5 heteroatoms. The van der Waals surface area contributed by atoms with Crippen LogP contribution in [-0.2, 0) is 4.79 Å². The molecular weight excluding hydrogens is 235 g/mol. The van der Waals surface area contributed by atoms with E-state index < -0.39 is 11.5 Å². The molecule has 0 aromatic heterocycles. The van der Waals surface area contributed by atoms with E-state index in [2.05, 4.69) is 10.3 Å². The zero-order chi connectivity index (χ0) is 10.8. The summed E-state index contributed by atoms with van der Waals surface area (Å²) >= 11 is 11.7. The number of aliphatic imine (C=N–C) groups is 1. The van der Waals surface area contributed by atoms with Crippen LogP contribution < -0.4 is 5.32 Å². The van der Waals surface area contributed by atoms with E-state index >= 15 is 0 Å². The van der Waals surface area contributed by atoms with E-state index in [0.717, 1.165) is 5.56 Å². The highest BCUT2D eigenvalue weighted by Gasteiger charge is 2.37. The van der Waals surface area contributed by atoms with Gasteiger partial charge in [0.25, 0.3) is 0 Å². The Labute approximate surface area is 97.1 Å². The highest BCUT2D eigenvalue weighted by molar-refractivity contribution is 6.69. The van der Waals surface area contributed by atoms with Gasteiger partial charge in [-0.05, 0) is 0 Å². The van der Waals surface area contributed by atoms with Gasteiger partial charge < -0.3 is 5.32 Å². The molecule has 0 saturated carbocycles. The summed E-state index contributed by atoms with van der Waals surface area (Å²) in [6, 6.07) is 8.67. The number of amides is 1. The van der Waals surface area contributed by atoms with Gasteiger partial charge in [0, 0.05) is 5.56 Å². The molecule has 1 aromatic carbocycles. The van der Waals surface area contributed by atoms with Crippen LogP contribution in [0.25, 0.3) is 0 Å². The van der Waals surface area contributed by atoms with Gasteiger partial charge in [0.05, 0.1) is 0 Å². The van der Waals surface area contributed by atoms with E-state index in [0.29, 0.717) is 5.17 Å². The number of rotatable bonds is 2. The van der Waals surface area contributed by atoms with E-state index in [9.17, 15) is 4.79 Å². The van der Waals surface area contributed by atoms with Gasteiger partial charge in [0.1, 0.15) is 10.7 Å². The van der Waals surface area contributed by atoms with Gasteiger partial charge in [0.2, 0.25) is 5.91 Å². The van der Waals surface area contributed by atoms with E-state index in [4.69, 9.17) is 23.2 Å². The minimum atomic E-state index is -0.570. The number of nitrogens with zero attached hydrogens (tertiary/aromatic N) is 1. The van der Waals surface area contributed by atoms with E-state index in [1.807, 2.05) is 30.3 Å². The second-order valence-corrected chi connectivity index (χ2v) is 3.97. The average Bonchev–Trinajstić information content (AvgIpc) is 2.27. The third-order valence-electron chi connectivity index (χ3n) is 2.09. The topological polar surface area (TPSA) is 41.5 Å². The lowest BCUT2D eigenvalue weighted by atomic mass is 10.1. The molecule has 15 heavy (non-hydrogen) atoms. The van der Waals surface area contributed by atoms with Crippen LogP contribution in [0.1, 0.15) is 5.56 Å². The molecule has 0 spiro atoms. The van der Waals surface area contributed by atoms with Crippen LogP contribution in [-0.4, -0.2) is 22.6 Å². The van der Waals surface area contributed by atoms with E-state index in [1.54, 1.807) is 0 Å². The molecule has 78 valence electrons. The molecule has 0 bridgehead atoms. The van der Waals surface area contributed by atoms with Crippen molar-refractivity contribution in [2.45, 2.75) is 11.5 Å². The Bertz CT molecular complexity index is 405. The van der Waals surface area contributed by atoms with Crippen LogP contribution >= 0.6 is 23.2 Å². The standard InChI is InChI=1S/C10H8Cl2N2O/c11-8(6-4-2-1-3-5-6)13-7-9(12)14-10(7)15/h1-5,7,9H,(H,14,15)/t7-,9+/m0/s1. The zero-order valence-corrected chi connectivity index (χ0v) is 9.16. The van der Waals surface area contributed by atoms with Crippen molar-refractivity contribution in [1.29, 1.82) is 0 Å². The Hall–Kier alpha value is -1.06. The molecule has 1 aliphatic heterocycles. The van der Waals surface area contributed by atoms with Gasteiger partial charge in [0.15, 0.2) is 6.04 Å². The van der Waals surface area contributed by atoms with Crippen molar-refractivity contribution in [2.24, 2.45) is 4.99 Å². The Morgan fingerprint density at radius 3 is 2.53 bits per heavy atom. The lowest BCUT2D eigenvalue weighted by molar-refractivity contribution is -0.128. The van der Waals surface area contributed by atoms with Crippen LogP contribution in [0.15, 0.2) is 35.3 Å². The highest BCUT2D eigenvalue weighted by atomic mass is 35.5. The van der Waals surface area contributed by atoms with Gasteiger partial charge in [-0.1, -0.05) is 53.5 Å². The summed E-state index contributed by atoms with van der Waals surface area (Å²) in [5, 5.41) is 2.78. The minimum Gasteiger partial charge on any atom is -0.336 e. The predicted octanol–water partition coefficient (Wildman–Crippen LogP) is 1.74. The number of hydrogen-bond acceptors (Lipinski definition) is 2. The van der Waals surface area contributed by atoms with Crippen molar-refractivity contribution in [3.05, 3.63) is 35.9 Å². The van der Waals surface area contributed by atoms with E-state index in [-0.39, 0.29) is 5.91 Å². The van der Waals surface area contributed by atoms with Gasteiger partial charge in [-0.2, -0.15) is 0 Å². The number of benzene rings is 1. The Morgan fingerprint density at radius 1 is 1.33 bits per heavy atom. The highest BCUT2D eigenvalue weighted by Crippen LogP contribution is 2.17. The first-order valence-corrected chi connectivity index (χ1v) is 5.23. The molecule has 0 unspecified atom stereocenters. The molecule has 2 rings (SSSR count). The Kier molecular flexibility index (Phi) is 2.93. The fraction of sp³-hybridized carbons (Fsp3) is 0.200. The second-order valence-electron chi connectivity index (χ2n) is 3.14. The van der Waals surface area contributed by atoms with Gasteiger partial charge in [-0.25, -0.2) is 0 Å². The molecule has 0 radical (unpaired) electrons. The monoisotopic (exact) mass is 242 g/mol. The molecule has 1 saturated heterocycles. The summed E-state index contributed by atoms with van der Waals surface area (Å²) in [4.78, 5) is 15.1. The quantitative estimate of drug-likeness (QED) is 0.365. The summed E-state index contributed by atoms with van der Waals surface area (Å²) in [5.41, 5.74) is 0.331. The number of halogens is 2. The zero-order valence-electron chi connectivity index (χ0n) is 7.65. The summed E-state index contributed by atoms with van der Waals surface area (Å²) in [6.45, 7) is 0. The minimum absolute atomic E-state index is 0.191. The van der Waals surface area contributed by atoms with Gasteiger partial charge in [-0.15, -0.1) is 0 Å². The third-order valence-corrected chi connectivity index (χ3v) is 2.75. The molecule has 1 amide bonds. The first kappa shape index (κ1) is 10.5. The third kappa shape index (κ3) is 2.13. The van der Waals surface area contributed by atoms with Crippen LogP contribution in [0.3, 0.4) is 0 Å². The van der Waals surface area contributed by atoms with Gasteiger partial charge >= 0.3 is 0 Å². The summed E-state index contributed by atoms with van der Waals surface area (Å²) in [5.74, 6) is -0.191. The van der Waals surface area contributed by atoms with Crippen molar-refractivity contribution in [1.82, 2.24) is 5.32 Å². The summed E-state index contributed by atoms with van der Waals surface area (Å²) in [6.07, 6.45) is 0. The number of nitrogens with one attached hydrogen (secondary N) is 1. The van der Waals surface area contributed by atoms with Crippen molar-refractivity contribution >= 4 is 34.3 Å². The fourth-order valence-electron chi connectivity index (χ4n) is 1.23. The maximum Gasteiger partial charge on any atom is 0.249 e. The van der Waals surface area contributed by atoms with Crippen molar-refractivity contribution in [3.8, 4) is 0 Å². The number of alkyl halides is 1. The second kappa shape index (κ2) is 4.21. The largest absolute Gasteiger partial charge is 0.336 e. The number of hydrogen-bond donors (Lipinski definition) is 1. The maximum atomic E-state index is 11.0. The first-order valence-electron chi connectivity index (χ1n) is 4.41. The molecule has 1 heterocycles. The molecule has 1 fully saturated rings. The maximum absolute atomic E-state index is 11.0. The smallest absolute Gasteiger partial charge is 0.249 e. The molecule has 1 N–H and O–H groups in total. The molecule has 2 atom stereocenters. The lowest BCUT2D eigenvalue weighted by Crippen LogP contribution is -2.58. The van der Waals surface area contributed by atoms with Gasteiger partial charge in [-0.3, -0.25) is 9.79 Å². The number of β-lactam (4-membered cyclic amide) rings is 1. The molecule has 1 aliphatic rings. The summed E-state index contributed by atoms with van der Waals surface area (Å²) < 4.78 is 0. The van der Waals surface area contributed by atoms with Crippen LogP contribution in [0.5, 0.6) is 0 Å². The normalized spacial score (nSPS) is 25.7. The average molecular weight is 243 g/mol. The Balaban J connectivity index is 2.17. The van der Waals surface area contributed by atoms with Crippen molar-refractivity contribution < 1.29 is 4.79 Å². The predicted molar refractivity (Wildman–Crippen MR) is 60.4 cm³/mol. The SMILES string of the molecule is O=C1N[C@@H](Cl)[C@@H]1N=C(Cl)c1ccccc1. The number of carbonyl (C=O) groups is 1. The van der Waals surface area contributed by atoms with Crippen molar-refractivity contribution in [2.75, 3.05) is 0 Å². The van der Waals surface area contributed by atoms with E-state index in [1.165, 1.54) is 0 Å². The fourth-order valence-corrected chi connectivity index (χ4v) is 1.74. The summed E-state index contributed by atoms with van der Waals surface area (Å²) in [7, 11) is 0. The first-order chi connectivity index (χ1) is 7.18. The lowest BCUT2D eigenvalue weighted by Gasteiger charge is -2.28. The number of carbonyl (C=O) groups excluding carboxylic acids is 1. The molecule has 3 nitrogen and oxygen atoms in total. The molecular formula is C10H8Cl2N2O. The van der Waals surface area contributed by atoms with Crippen LogP contribution in [0.2, 0.25) is 0 Å².